The maximum absolute atomic E-state index is 11.9. The van der Waals surface area contributed by atoms with E-state index in [4.69, 9.17) is 15.2 Å². The molecule has 0 bridgehead atoms. The van der Waals surface area contributed by atoms with Crippen molar-refractivity contribution in [3.63, 3.8) is 0 Å². The van der Waals surface area contributed by atoms with Gasteiger partial charge >= 0.3 is 0 Å². The molecule has 0 saturated carbocycles. The van der Waals surface area contributed by atoms with E-state index in [1.807, 2.05) is 19.1 Å². The standard InChI is InChI=1S/C12H14N2O3/c1-2-14-9-5-11-10(16-6-17-11)4-7(9)3-8(13)12(14)15/h4-5,8H,2-3,6,13H2,1H3/t8-/m0/s1. The highest BCUT2D eigenvalue weighted by Crippen LogP contribution is 2.40. The van der Waals surface area contributed by atoms with E-state index in [1.54, 1.807) is 4.90 Å². The zero-order valence-electron chi connectivity index (χ0n) is 9.60. The van der Waals surface area contributed by atoms with E-state index in [0.29, 0.717) is 18.7 Å². The van der Waals surface area contributed by atoms with Crippen molar-refractivity contribution >= 4 is 11.6 Å². The van der Waals surface area contributed by atoms with Gasteiger partial charge < -0.3 is 20.1 Å². The number of ether oxygens (including phenoxy) is 2. The van der Waals surface area contributed by atoms with Crippen LogP contribution in [0.1, 0.15) is 12.5 Å². The number of carbonyl (C=O) groups excluding carboxylic acids is 1. The summed E-state index contributed by atoms with van der Waals surface area (Å²) in [7, 11) is 0. The Hall–Kier alpha value is -1.75. The molecule has 1 atom stereocenters. The van der Waals surface area contributed by atoms with Gasteiger partial charge in [0.25, 0.3) is 0 Å². The van der Waals surface area contributed by atoms with Crippen LogP contribution in [-0.4, -0.2) is 25.3 Å². The number of carbonyl (C=O) groups is 1. The summed E-state index contributed by atoms with van der Waals surface area (Å²) < 4.78 is 10.7. The maximum Gasteiger partial charge on any atom is 0.244 e. The van der Waals surface area contributed by atoms with Crippen LogP contribution in [0.15, 0.2) is 12.1 Å². The van der Waals surface area contributed by atoms with Crippen LogP contribution in [0.2, 0.25) is 0 Å². The molecule has 2 heterocycles. The average molecular weight is 234 g/mol. The minimum absolute atomic E-state index is 0.0288. The molecule has 5 nitrogen and oxygen atoms in total. The maximum atomic E-state index is 11.9. The number of fused-ring (bicyclic) bond motifs is 2. The van der Waals surface area contributed by atoms with Gasteiger partial charge in [-0.25, -0.2) is 0 Å². The highest BCUT2D eigenvalue weighted by atomic mass is 16.7. The van der Waals surface area contributed by atoms with Crippen LogP contribution in [0, 0.1) is 0 Å². The first-order chi connectivity index (χ1) is 8.20. The number of nitrogens with two attached hydrogens (primary N) is 1. The van der Waals surface area contributed by atoms with Crippen molar-refractivity contribution in [2.75, 3.05) is 18.2 Å². The number of nitrogens with zero attached hydrogens (tertiary/aromatic N) is 1. The third kappa shape index (κ3) is 1.46. The number of anilines is 1. The molecule has 2 aliphatic rings. The Bertz CT molecular complexity index is 487. The highest BCUT2D eigenvalue weighted by Gasteiger charge is 2.31. The number of hydrogen-bond donors (Lipinski definition) is 1. The molecular formula is C12H14N2O3. The third-order valence-electron chi connectivity index (χ3n) is 3.20. The molecule has 3 rings (SSSR count). The second kappa shape index (κ2) is 3.63. The van der Waals surface area contributed by atoms with E-state index in [9.17, 15) is 4.79 Å². The van der Waals surface area contributed by atoms with Gasteiger partial charge in [0, 0.05) is 12.6 Å². The quantitative estimate of drug-likeness (QED) is 0.775. The van der Waals surface area contributed by atoms with E-state index in [1.165, 1.54) is 0 Å². The third-order valence-corrected chi connectivity index (χ3v) is 3.20. The Labute approximate surface area is 99.1 Å². The minimum atomic E-state index is -0.456. The van der Waals surface area contributed by atoms with Crippen LogP contribution >= 0.6 is 0 Å². The van der Waals surface area contributed by atoms with Crippen molar-refractivity contribution in [1.82, 2.24) is 0 Å². The van der Waals surface area contributed by atoms with E-state index in [-0.39, 0.29) is 12.7 Å². The monoisotopic (exact) mass is 234 g/mol. The molecule has 1 amide bonds. The molecule has 2 aliphatic heterocycles. The van der Waals surface area contributed by atoms with Crippen LogP contribution < -0.4 is 20.1 Å². The molecule has 5 heteroatoms. The lowest BCUT2D eigenvalue weighted by atomic mass is 9.97. The molecule has 0 radical (unpaired) electrons. The van der Waals surface area contributed by atoms with Crippen molar-refractivity contribution in [1.29, 1.82) is 0 Å². The zero-order chi connectivity index (χ0) is 12.0. The van der Waals surface area contributed by atoms with Crippen molar-refractivity contribution in [2.24, 2.45) is 5.73 Å². The summed E-state index contributed by atoms with van der Waals surface area (Å²) in [5.41, 5.74) is 7.78. The topological polar surface area (TPSA) is 64.8 Å². The smallest absolute Gasteiger partial charge is 0.244 e. The van der Waals surface area contributed by atoms with Crippen LogP contribution in [-0.2, 0) is 11.2 Å². The second-order valence-electron chi connectivity index (χ2n) is 4.23. The van der Waals surface area contributed by atoms with Gasteiger partial charge in [-0.15, -0.1) is 0 Å². The summed E-state index contributed by atoms with van der Waals surface area (Å²) in [6.07, 6.45) is 0.557. The molecule has 0 saturated heterocycles. The molecule has 0 aromatic heterocycles. The Kier molecular flexibility index (Phi) is 2.22. The minimum Gasteiger partial charge on any atom is -0.454 e. The molecule has 0 fully saturated rings. The van der Waals surface area contributed by atoms with Crippen LogP contribution in [0.5, 0.6) is 11.5 Å². The van der Waals surface area contributed by atoms with E-state index in [2.05, 4.69) is 0 Å². The van der Waals surface area contributed by atoms with Crippen molar-refractivity contribution in [2.45, 2.75) is 19.4 Å². The number of rotatable bonds is 1. The average Bonchev–Trinajstić information content (AvgIpc) is 2.75. The number of likely N-dealkylation sites (N-methyl/N-ethyl adjacent to an activating group) is 1. The Morgan fingerprint density at radius 1 is 1.41 bits per heavy atom. The fourth-order valence-electron chi connectivity index (χ4n) is 2.36. The van der Waals surface area contributed by atoms with Gasteiger partial charge in [0.05, 0.1) is 11.7 Å². The molecule has 0 unspecified atom stereocenters. The van der Waals surface area contributed by atoms with Gasteiger partial charge in [0.15, 0.2) is 11.5 Å². The largest absolute Gasteiger partial charge is 0.454 e. The normalized spacial score (nSPS) is 21.6. The first-order valence-corrected chi connectivity index (χ1v) is 5.70. The van der Waals surface area contributed by atoms with Crippen molar-refractivity contribution in [3.8, 4) is 11.5 Å². The van der Waals surface area contributed by atoms with E-state index < -0.39 is 6.04 Å². The summed E-state index contributed by atoms with van der Waals surface area (Å²) in [4.78, 5) is 13.6. The van der Waals surface area contributed by atoms with E-state index >= 15 is 0 Å². The van der Waals surface area contributed by atoms with Gasteiger partial charge in [0.2, 0.25) is 12.7 Å². The molecule has 2 N–H and O–H groups in total. The van der Waals surface area contributed by atoms with Crippen LogP contribution in [0.25, 0.3) is 0 Å². The predicted molar refractivity (Wildman–Crippen MR) is 62.3 cm³/mol. The molecular weight excluding hydrogens is 220 g/mol. The van der Waals surface area contributed by atoms with Gasteiger partial charge in [-0.05, 0) is 25.0 Å². The van der Waals surface area contributed by atoms with E-state index in [0.717, 1.165) is 17.0 Å². The fraction of sp³-hybridized carbons (Fsp3) is 0.417. The Morgan fingerprint density at radius 3 is 2.82 bits per heavy atom. The lowest BCUT2D eigenvalue weighted by Crippen LogP contribution is -2.48. The van der Waals surface area contributed by atoms with Crippen LogP contribution in [0.4, 0.5) is 5.69 Å². The van der Waals surface area contributed by atoms with Gasteiger partial charge in [0.1, 0.15) is 0 Å². The van der Waals surface area contributed by atoms with Gasteiger partial charge in [-0.3, -0.25) is 4.79 Å². The second-order valence-corrected chi connectivity index (χ2v) is 4.23. The Morgan fingerprint density at radius 2 is 2.12 bits per heavy atom. The van der Waals surface area contributed by atoms with Crippen molar-refractivity contribution in [3.05, 3.63) is 17.7 Å². The summed E-state index contributed by atoms with van der Waals surface area (Å²) in [6.45, 7) is 2.79. The first kappa shape index (κ1) is 10.4. The fourth-order valence-corrected chi connectivity index (χ4v) is 2.36. The molecule has 0 spiro atoms. The number of amides is 1. The molecule has 0 aliphatic carbocycles. The first-order valence-electron chi connectivity index (χ1n) is 5.70. The summed E-state index contributed by atoms with van der Waals surface area (Å²) in [5, 5.41) is 0. The van der Waals surface area contributed by atoms with Crippen molar-refractivity contribution < 1.29 is 14.3 Å². The summed E-state index contributed by atoms with van der Waals surface area (Å²) in [6, 6.07) is 3.33. The lowest BCUT2D eigenvalue weighted by Gasteiger charge is -2.31. The molecule has 90 valence electrons. The SMILES string of the molecule is CCN1C(=O)[C@@H](N)Cc2cc3c(cc21)OCO3. The van der Waals surface area contributed by atoms with Crippen LogP contribution in [0.3, 0.4) is 0 Å². The van der Waals surface area contributed by atoms with Gasteiger partial charge in [-0.1, -0.05) is 0 Å². The van der Waals surface area contributed by atoms with Gasteiger partial charge in [-0.2, -0.15) is 0 Å². The predicted octanol–water partition coefficient (Wildman–Crippen LogP) is 0.652. The molecule has 1 aromatic carbocycles. The molecule has 17 heavy (non-hydrogen) atoms. The zero-order valence-corrected chi connectivity index (χ0v) is 9.60. The number of benzene rings is 1. The number of hydrogen-bond acceptors (Lipinski definition) is 4. The Balaban J connectivity index is 2.12. The summed E-state index contributed by atoms with van der Waals surface area (Å²) >= 11 is 0. The summed E-state index contributed by atoms with van der Waals surface area (Å²) in [5.74, 6) is 1.41. The molecule has 1 aromatic rings. The highest BCUT2D eigenvalue weighted by molar-refractivity contribution is 6.00. The lowest BCUT2D eigenvalue weighted by molar-refractivity contribution is -0.120.